The molecule has 25 heavy (non-hydrogen) atoms. The molecule has 0 unspecified atom stereocenters. The van der Waals surface area contributed by atoms with Crippen molar-refractivity contribution in [3.63, 3.8) is 0 Å². The lowest BCUT2D eigenvalue weighted by Gasteiger charge is -2.07. The molecule has 1 heterocycles. The molecule has 2 N–H and O–H groups in total. The van der Waals surface area contributed by atoms with E-state index in [1.165, 1.54) is 36.2 Å². The van der Waals surface area contributed by atoms with Gasteiger partial charge in [-0.05, 0) is 37.0 Å². The number of aromatic amines is 1. The molecular formula is C19H25N3O2S. The molecule has 0 bridgehead atoms. The first-order valence-corrected chi connectivity index (χ1v) is 9.71. The highest BCUT2D eigenvalue weighted by Crippen LogP contribution is 2.15. The number of unbranched alkanes of at least 4 members (excludes halogenated alkanes) is 1. The molecule has 0 aliphatic carbocycles. The van der Waals surface area contributed by atoms with Crippen molar-refractivity contribution in [1.82, 2.24) is 9.97 Å². The first kappa shape index (κ1) is 19.2. The lowest BCUT2D eigenvalue weighted by Crippen LogP contribution is -2.16. The van der Waals surface area contributed by atoms with Crippen molar-refractivity contribution in [2.24, 2.45) is 0 Å². The van der Waals surface area contributed by atoms with E-state index >= 15 is 0 Å². The van der Waals surface area contributed by atoms with Crippen molar-refractivity contribution in [3.8, 4) is 0 Å². The highest BCUT2D eigenvalue weighted by atomic mass is 32.2. The third kappa shape index (κ3) is 6.74. The Labute approximate surface area is 152 Å². The molecule has 0 atom stereocenters. The van der Waals surface area contributed by atoms with Crippen LogP contribution in [0.1, 0.15) is 44.4 Å². The number of rotatable bonds is 9. The third-order valence-electron chi connectivity index (χ3n) is 3.68. The molecule has 2 rings (SSSR count). The molecule has 0 saturated heterocycles. The van der Waals surface area contributed by atoms with Crippen LogP contribution in [-0.2, 0) is 17.6 Å². The van der Waals surface area contributed by atoms with E-state index in [4.69, 9.17) is 0 Å². The van der Waals surface area contributed by atoms with E-state index in [1.54, 1.807) is 0 Å². The SMILES string of the molecule is CCCCc1ccc(NC(=O)CSc2nc(CCC)cc(=O)[nH]2)cc1. The van der Waals surface area contributed by atoms with Gasteiger partial charge in [-0.3, -0.25) is 9.59 Å². The normalized spacial score (nSPS) is 10.6. The zero-order valence-corrected chi connectivity index (χ0v) is 15.6. The molecule has 6 heteroatoms. The average molecular weight is 359 g/mol. The smallest absolute Gasteiger partial charge is 0.251 e. The summed E-state index contributed by atoms with van der Waals surface area (Å²) in [6.07, 6.45) is 5.09. The predicted octanol–water partition coefficient (Wildman–Crippen LogP) is 3.80. The summed E-state index contributed by atoms with van der Waals surface area (Å²) in [5.74, 6) is 0.0886. The van der Waals surface area contributed by atoms with Gasteiger partial charge in [0.2, 0.25) is 5.91 Å². The number of anilines is 1. The third-order valence-corrected chi connectivity index (χ3v) is 4.55. The first-order valence-electron chi connectivity index (χ1n) is 8.72. The minimum atomic E-state index is -0.177. The monoisotopic (exact) mass is 359 g/mol. The Morgan fingerprint density at radius 1 is 1.16 bits per heavy atom. The van der Waals surface area contributed by atoms with E-state index in [-0.39, 0.29) is 17.2 Å². The van der Waals surface area contributed by atoms with Crippen molar-refractivity contribution in [2.45, 2.75) is 51.1 Å². The average Bonchev–Trinajstić information content (AvgIpc) is 2.59. The summed E-state index contributed by atoms with van der Waals surface area (Å²) in [5, 5.41) is 3.36. The Morgan fingerprint density at radius 3 is 2.60 bits per heavy atom. The second-order valence-electron chi connectivity index (χ2n) is 5.93. The summed E-state index contributed by atoms with van der Waals surface area (Å²) < 4.78 is 0. The van der Waals surface area contributed by atoms with Crippen LogP contribution in [0.4, 0.5) is 5.69 Å². The number of benzene rings is 1. The quantitative estimate of drug-likeness (QED) is 0.527. The van der Waals surface area contributed by atoms with Crippen LogP contribution in [0, 0.1) is 0 Å². The van der Waals surface area contributed by atoms with Crippen LogP contribution in [0.2, 0.25) is 0 Å². The molecular weight excluding hydrogens is 334 g/mol. The number of hydrogen-bond acceptors (Lipinski definition) is 4. The molecule has 2 aromatic rings. The zero-order valence-electron chi connectivity index (χ0n) is 14.8. The number of carbonyl (C=O) groups is 1. The summed E-state index contributed by atoms with van der Waals surface area (Å²) in [7, 11) is 0. The fourth-order valence-electron chi connectivity index (χ4n) is 2.40. The van der Waals surface area contributed by atoms with E-state index < -0.39 is 0 Å². The highest BCUT2D eigenvalue weighted by molar-refractivity contribution is 7.99. The highest BCUT2D eigenvalue weighted by Gasteiger charge is 2.07. The molecule has 1 aromatic carbocycles. The topological polar surface area (TPSA) is 74.8 Å². The molecule has 1 amide bonds. The molecule has 0 saturated carbocycles. The molecule has 5 nitrogen and oxygen atoms in total. The van der Waals surface area contributed by atoms with Crippen LogP contribution >= 0.6 is 11.8 Å². The van der Waals surface area contributed by atoms with Gasteiger partial charge in [0.25, 0.3) is 5.56 Å². The van der Waals surface area contributed by atoms with Gasteiger partial charge < -0.3 is 10.3 Å². The van der Waals surface area contributed by atoms with Crippen LogP contribution in [0.15, 0.2) is 40.3 Å². The largest absolute Gasteiger partial charge is 0.325 e. The molecule has 134 valence electrons. The van der Waals surface area contributed by atoms with E-state index in [2.05, 4.69) is 22.2 Å². The number of H-pyrrole nitrogens is 1. The zero-order chi connectivity index (χ0) is 18.1. The van der Waals surface area contributed by atoms with Gasteiger partial charge in [-0.2, -0.15) is 0 Å². The molecule has 0 radical (unpaired) electrons. The number of nitrogens with zero attached hydrogens (tertiary/aromatic N) is 1. The maximum Gasteiger partial charge on any atom is 0.251 e. The Morgan fingerprint density at radius 2 is 1.92 bits per heavy atom. The van der Waals surface area contributed by atoms with E-state index in [1.807, 2.05) is 31.2 Å². The lowest BCUT2D eigenvalue weighted by molar-refractivity contribution is -0.113. The number of amides is 1. The van der Waals surface area contributed by atoms with Crippen LogP contribution in [0.25, 0.3) is 0 Å². The molecule has 0 aliphatic rings. The summed E-state index contributed by atoms with van der Waals surface area (Å²) in [4.78, 5) is 30.7. The van der Waals surface area contributed by atoms with Crippen molar-refractivity contribution >= 4 is 23.4 Å². The minimum Gasteiger partial charge on any atom is -0.325 e. The van der Waals surface area contributed by atoms with Gasteiger partial charge in [-0.15, -0.1) is 0 Å². The van der Waals surface area contributed by atoms with Crippen LogP contribution < -0.4 is 10.9 Å². The van der Waals surface area contributed by atoms with E-state index in [0.29, 0.717) is 5.16 Å². The van der Waals surface area contributed by atoms with Gasteiger partial charge in [-0.1, -0.05) is 50.6 Å². The van der Waals surface area contributed by atoms with Crippen LogP contribution in [-0.4, -0.2) is 21.6 Å². The summed E-state index contributed by atoms with van der Waals surface area (Å²) in [6, 6.07) is 9.45. The van der Waals surface area contributed by atoms with Gasteiger partial charge in [0.1, 0.15) is 0 Å². The number of aromatic nitrogens is 2. The number of hydrogen-bond donors (Lipinski definition) is 2. The Bertz CT molecular complexity index is 741. The fraction of sp³-hybridized carbons (Fsp3) is 0.421. The Kier molecular flexibility index (Phi) is 7.73. The molecule has 0 aliphatic heterocycles. The second-order valence-corrected chi connectivity index (χ2v) is 6.89. The van der Waals surface area contributed by atoms with Gasteiger partial charge in [-0.25, -0.2) is 4.98 Å². The maximum atomic E-state index is 12.1. The number of aryl methyl sites for hydroxylation is 2. The van der Waals surface area contributed by atoms with Crippen molar-refractivity contribution in [2.75, 3.05) is 11.1 Å². The molecule has 0 fully saturated rings. The number of nitrogens with one attached hydrogen (secondary N) is 2. The number of thioether (sulfide) groups is 1. The van der Waals surface area contributed by atoms with Gasteiger partial charge in [0.15, 0.2) is 5.16 Å². The minimum absolute atomic E-state index is 0.116. The summed E-state index contributed by atoms with van der Waals surface area (Å²) in [5.41, 5.74) is 2.65. The number of carbonyl (C=O) groups excluding carboxylic acids is 1. The van der Waals surface area contributed by atoms with Gasteiger partial charge in [0.05, 0.1) is 5.75 Å². The van der Waals surface area contributed by atoms with Crippen LogP contribution in [0.3, 0.4) is 0 Å². The van der Waals surface area contributed by atoms with E-state index in [0.717, 1.165) is 30.6 Å². The Balaban J connectivity index is 1.87. The summed E-state index contributed by atoms with van der Waals surface area (Å²) >= 11 is 1.24. The predicted molar refractivity (Wildman–Crippen MR) is 103 cm³/mol. The van der Waals surface area contributed by atoms with Crippen molar-refractivity contribution in [1.29, 1.82) is 0 Å². The van der Waals surface area contributed by atoms with Crippen LogP contribution in [0.5, 0.6) is 0 Å². The maximum absolute atomic E-state index is 12.1. The second kappa shape index (κ2) is 10.0. The summed E-state index contributed by atoms with van der Waals surface area (Å²) in [6.45, 7) is 4.21. The standard InChI is InChI=1S/C19H25N3O2S/c1-3-5-7-14-8-10-15(11-9-14)20-18(24)13-25-19-21-16(6-4-2)12-17(23)22-19/h8-12H,3-7,13H2,1-2H3,(H,20,24)(H,21,22,23). The first-order chi connectivity index (χ1) is 12.1. The van der Waals surface area contributed by atoms with E-state index in [9.17, 15) is 9.59 Å². The lowest BCUT2D eigenvalue weighted by atomic mass is 10.1. The Hall–Kier alpha value is -2.08. The van der Waals surface area contributed by atoms with Crippen molar-refractivity contribution < 1.29 is 4.79 Å². The van der Waals surface area contributed by atoms with Gasteiger partial charge in [0, 0.05) is 17.4 Å². The van der Waals surface area contributed by atoms with Crippen molar-refractivity contribution in [3.05, 3.63) is 51.9 Å². The molecule has 0 spiro atoms. The van der Waals surface area contributed by atoms with Gasteiger partial charge >= 0.3 is 0 Å². The molecule has 1 aromatic heterocycles. The fourth-order valence-corrected chi connectivity index (χ4v) is 3.10.